The van der Waals surface area contributed by atoms with Gasteiger partial charge in [-0.2, -0.15) is 5.10 Å². The number of halogens is 1. The summed E-state index contributed by atoms with van der Waals surface area (Å²) in [7, 11) is 1.73. The van der Waals surface area contributed by atoms with Gasteiger partial charge in [0.05, 0.1) is 11.2 Å². The molecule has 0 atom stereocenters. The third-order valence-corrected chi connectivity index (χ3v) is 5.16. The lowest BCUT2D eigenvalue weighted by molar-refractivity contribution is 0.0204. The van der Waals surface area contributed by atoms with Gasteiger partial charge in [-0.25, -0.2) is 4.79 Å². The van der Waals surface area contributed by atoms with Gasteiger partial charge in [-0.05, 0) is 52.5 Å². The van der Waals surface area contributed by atoms with Crippen LogP contribution in [0.1, 0.15) is 50.8 Å². The van der Waals surface area contributed by atoms with Crippen molar-refractivity contribution >= 4 is 28.6 Å². The highest BCUT2D eigenvalue weighted by Crippen LogP contribution is 2.30. The van der Waals surface area contributed by atoms with E-state index in [1.807, 2.05) is 33.8 Å². The lowest BCUT2D eigenvalue weighted by atomic mass is 9.89. The first kappa shape index (κ1) is 19.6. The molecule has 1 saturated heterocycles. The molecule has 0 N–H and O–H groups in total. The number of hydrogen-bond donors (Lipinski definition) is 0. The number of hydrogen-bond acceptors (Lipinski definition) is 5. The van der Waals surface area contributed by atoms with E-state index in [1.165, 1.54) is 0 Å². The lowest BCUT2D eigenvalue weighted by Gasteiger charge is -2.33. The van der Waals surface area contributed by atoms with Gasteiger partial charge in [0.25, 0.3) is 5.56 Å². The van der Waals surface area contributed by atoms with Crippen LogP contribution in [0.2, 0.25) is 5.15 Å². The van der Waals surface area contributed by atoms with Crippen LogP contribution in [0.4, 0.5) is 4.79 Å². The van der Waals surface area contributed by atoms with Gasteiger partial charge in [-0.15, -0.1) is 5.10 Å². The zero-order valence-corrected chi connectivity index (χ0v) is 17.1. The monoisotopic (exact) mass is 392 g/mol. The van der Waals surface area contributed by atoms with Gasteiger partial charge in [-0.3, -0.25) is 4.79 Å². The van der Waals surface area contributed by atoms with Gasteiger partial charge >= 0.3 is 6.09 Å². The molecule has 1 aliphatic heterocycles. The van der Waals surface area contributed by atoms with Gasteiger partial charge in [-0.1, -0.05) is 11.6 Å². The molecule has 0 aliphatic carbocycles. The Kier molecular flexibility index (Phi) is 5.16. The predicted molar refractivity (Wildman–Crippen MR) is 104 cm³/mol. The molecule has 0 unspecified atom stereocenters. The number of rotatable bonds is 1. The van der Waals surface area contributed by atoms with Crippen LogP contribution in [-0.2, 0) is 11.8 Å². The second-order valence-corrected chi connectivity index (χ2v) is 8.40. The molecule has 0 radical (unpaired) electrons. The molecule has 2 aromatic heterocycles. The fourth-order valence-corrected chi connectivity index (χ4v) is 3.75. The molecule has 1 aliphatic rings. The van der Waals surface area contributed by atoms with E-state index in [0.29, 0.717) is 47.9 Å². The normalized spacial score (nSPS) is 16.0. The molecule has 0 bridgehead atoms. The minimum absolute atomic E-state index is 0.0506. The molecule has 146 valence electrons. The number of pyridine rings is 1. The van der Waals surface area contributed by atoms with Crippen molar-refractivity contribution in [1.82, 2.24) is 19.7 Å². The van der Waals surface area contributed by atoms with E-state index in [4.69, 9.17) is 16.3 Å². The Morgan fingerprint density at radius 3 is 2.48 bits per heavy atom. The van der Waals surface area contributed by atoms with Crippen LogP contribution in [0.25, 0.3) is 10.9 Å². The lowest BCUT2D eigenvalue weighted by Crippen LogP contribution is -2.42. The van der Waals surface area contributed by atoms with E-state index in [2.05, 4.69) is 10.2 Å². The number of aromatic nitrogens is 3. The summed E-state index contributed by atoms with van der Waals surface area (Å²) in [5.74, 6) is 0.0660. The summed E-state index contributed by atoms with van der Waals surface area (Å²) in [6.45, 7) is 8.48. The maximum atomic E-state index is 12.9. The van der Waals surface area contributed by atoms with Gasteiger partial charge in [0, 0.05) is 31.1 Å². The first-order valence-electron chi connectivity index (χ1n) is 9.09. The number of aryl methyl sites for hydroxylation is 2. The van der Waals surface area contributed by atoms with Crippen molar-refractivity contribution in [2.24, 2.45) is 7.05 Å². The zero-order valence-electron chi connectivity index (χ0n) is 16.4. The average molecular weight is 393 g/mol. The maximum Gasteiger partial charge on any atom is 0.410 e. The van der Waals surface area contributed by atoms with Crippen molar-refractivity contribution < 1.29 is 9.53 Å². The van der Waals surface area contributed by atoms with Gasteiger partial charge in [0.2, 0.25) is 0 Å². The molecule has 2 aromatic rings. The molecule has 0 aromatic carbocycles. The number of amides is 1. The van der Waals surface area contributed by atoms with E-state index in [-0.39, 0.29) is 17.6 Å². The van der Waals surface area contributed by atoms with Crippen LogP contribution in [0.5, 0.6) is 0 Å². The highest BCUT2D eigenvalue weighted by molar-refractivity contribution is 6.34. The quantitative estimate of drug-likeness (QED) is 0.743. The average Bonchev–Trinajstić information content (AvgIpc) is 2.59. The first-order valence-corrected chi connectivity index (χ1v) is 9.46. The van der Waals surface area contributed by atoms with Crippen LogP contribution < -0.4 is 5.56 Å². The maximum absolute atomic E-state index is 12.9. The molecule has 8 heteroatoms. The van der Waals surface area contributed by atoms with Crippen LogP contribution in [-0.4, -0.2) is 44.4 Å². The predicted octanol–water partition coefficient (Wildman–Crippen LogP) is 3.40. The SMILES string of the molecule is Cc1nnc(Cl)c2cc(C3CCN(C(=O)OC(C)(C)C)CC3)c(=O)n(C)c12. The molecule has 3 heterocycles. The van der Waals surface area contributed by atoms with Crippen LogP contribution >= 0.6 is 11.6 Å². The second-order valence-electron chi connectivity index (χ2n) is 8.04. The summed E-state index contributed by atoms with van der Waals surface area (Å²) < 4.78 is 7.03. The summed E-state index contributed by atoms with van der Waals surface area (Å²) in [5.41, 5.74) is 1.52. The third-order valence-electron chi connectivity index (χ3n) is 4.88. The highest BCUT2D eigenvalue weighted by Gasteiger charge is 2.29. The standard InChI is InChI=1S/C19H25ClN4O3/c1-11-15-14(16(20)22-21-11)10-13(17(25)23(15)5)12-6-8-24(9-7-12)18(26)27-19(2,3)4/h10,12H,6-9H2,1-5H3. The second kappa shape index (κ2) is 7.11. The van der Waals surface area contributed by atoms with E-state index < -0.39 is 5.60 Å². The third kappa shape index (κ3) is 3.93. The molecule has 0 spiro atoms. The van der Waals surface area contributed by atoms with Crippen molar-refractivity contribution in [2.75, 3.05) is 13.1 Å². The van der Waals surface area contributed by atoms with Crippen molar-refractivity contribution in [3.05, 3.63) is 32.8 Å². The number of piperidine rings is 1. The zero-order chi connectivity index (χ0) is 19.9. The Hall–Kier alpha value is -2.15. The summed E-state index contributed by atoms with van der Waals surface area (Å²) >= 11 is 6.23. The van der Waals surface area contributed by atoms with E-state index in [0.717, 1.165) is 5.39 Å². The molecule has 1 fully saturated rings. The van der Waals surface area contributed by atoms with Crippen LogP contribution in [0.3, 0.4) is 0 Å². The number of carbonyl (C=O) groups excluding carboxylic acids is 1. The van der Waals surface area contributed by atoms with Crippen molar-refractivity contribution in [3.63, 3.8) is 0 Å². The molecule has 1 amide bonds. The molecular formula is C19H25ClN4O3. The Morgan fingerprint density at radius 2 is 1.89 bits per heavy atom. The Balaban J connectivity index is 1.86. The molecule has 7 nitrogen and oxygen atoms in total. The summed E-state index contributed by atoms with van der Waals surface area (Å²) in [4.78, 5) is 26.9. The molecule has 27 heavy (non-hydrogen) atoms. The van der Waals surface area contributed by atoms with Crippen molar-refractivity contribution in [3.8, 4) is 0 Å². The number of ether oxygens (including phenoxy) is 1. The van der Waals surface area contributed by atoms with Gasteiger partial charge < -0.3 is 14.2 Å². The van der Waals surface area contributed by atoms with E-state index >= 15 is 0 Å². The largest absolute Gasteiger partial charge is 0.444 e. The Bertz CT molecular complexity index is 941. The minimum Gasteiger partial charge on any atom is -0.444 e. The summed E-state index contributed by atoms with van der Waals surface area (Å²) in [6.07, 6.45) is 1.10. The number of carbonyl (C=O) groups is 1. The topological polar surface area (TPSA) is 77.3 Å². The first-order chi connectivity index (χ1) is 12.6. The highest BCUT2D eigenvalue weighted by atomic mass is 35.5. The molecular weight excluding hydrogens is 368 g/mol. The Labute approximate surface area is 163 Å². The Morgan fingerprint density at radius 1 is 1.26 bits per heavy atom. The van der Waals surface area contributed by atoms with E-state index in [9.17, 15) is 9.59 Å². The van der Waals surface area contributed by atoms with E-state index in [1.54, 1.807) is 16.5 Å². The summed E-state index contributed by atoms with van der Waals surface area (Å²) in [6, 6.07) is 1.84. The number of likely N-dealkylation sites (tertiary alicyclic amines) is 1. The summed E-state index contributed by atoms with van der Waals surface area (Å²) in [5, 5.41) is 9.00. The van der Waals surface area contributed by atoms with Gasteiger partial charge in [0.15, 0.2) is 5.15 Å². The fraction of sp³-hybridized carbons (Fsp3) is 0.579. The van der Waals surface area contributed by atoms with Crippen LogP contribution in [0, 0.1) is 6.92 Å². The smallest absolute Gasteiger partial charge is 0.410 e. The van der Waals surface area contributed by atoms with Crippen molar-refractivity contribution in [1.29, 1.82) is 0 Å². The number of fused-ring (bicyclic) bond motifs is 1. The molecule has 0 saturated carbocycles. The van der Waals surface area contributed by atoms with Gasteiger partial charge in [0.1, 0.15) is 5.60 Å². The minimum atomic E-state index is -0.516. The van der Waals surface area contributed by atoms with Crippen molar-refractivity contribution in [2.45, 2.75) is 52.1 Å². The number of nitrogens with zero attached hydrogens (tertiary/aromatic N) is 4. The van der Waals surface area contributed by atoms with Crippen LogP contribution in [0.15, 0.2) is 10.9 Å². The fourth-order valence-electron chi connectivity index (χ4n) is 3.57. The molecule has 3 rings (SSSR count).